The van der Waals surface area contributed by atoms with Crippen molar-refractivity contribution in [3.05, 3.63) is 0 Å². The Kier molecular flexibility index (Phi) is 40.0. The van der Waals surface area contributed by atoms with E-state index in [1.165, 1.54) is 199 Å². The molecule has 0 radical (unpaired) electrons. The van der Waals surface area contributed by atoms with Crippen LogP contribution >= 0.6 is 0 Å². The van der Waals surface area contributed by atoms with Crippen LogP contribution in [-0.4, -0.2) is 50.8 Å². The van der Waals surface area contributed by atoms with Crippen LogP contribution in [0, 0.1) is 0 Å². The zero-order valence-electron chi connectivity index (χ0n) is 32.0. The first-order valence-electron chi connectivity index (χ1n) is 21.1. The fourth-order valence-corrected chi connectivity index (χ4v) is 6.63. The van der Waals surface area contributed by atoms with E-state index in [-0.39, 0.29) is 12.5 Å². The molecule has 4 heteroatoms. The molecule has 46 heavy (non-hydrogen) atoms. The quantitative estimate of drug-likeness (QED) is 0.0619. The van der Waals surface area contributed by atoms with Crippen LogP contribution in [0.25, 0.3) is 0 Å². The van der Waals surface area contributed by atoms with Gasteiger partial charge in [0.1, 0.15) is 6.61 Å². The Morgan fingerprint density at radius 1 is 0.391 bits per heavy atom. The van der Waals surface area contributed by atoms with Gasteiger partial charge in [0.2, 0.25) is 5.91 Å². The zero-order chi connectivity index (χ0) is 33.4. The molecule has 0 saturated carbocycles. The molecule has 0 saturated heterocycles. The number of amides is 1. The van der Waals surface area contributed by atoms with E-state index in [0.29, 0.717) is 13.2 Å². The maximum atomic E-state index is 12.9. The third kappa shape index (κ3) is 36.2. The highest BCUT2D eigenvalue weighted by Gasteiger charge is 2.13. The van der Waals surface area contributed by atoms with E-state index in [4.69, 9.17) is 9.47 Å². The second-order valence-corrected chi connectivity index (χ2v) is 14.4. The average molecular weight is 652 g/mol. The Morgan fingerprint density at radius 3 is 0.913 bits per heavy atom. The summed E-state index contributed by atoms with van der Waals surface area (Å²) in [5.41, 5.74) is 0. The molecule has 1 amide bonds. The van der Waals surface area contributed by atoms with Crippen LogP contribution in [0.5, 0.6) is 0 Å². The molecule has 0 unspecified atom stereocenters. The molecule has 0 rings (SSSR count). The molecular formula is C42H85NO3. The van der Waals surface area contributed by atoms with E-state index in [1.54, 1.807) is 7.11 Å². The van der Waals surface area contributed by atoms with E-state index in [1.807, 2.05) is 0 Å². The molecule has 0 aliphatic heterocycles. The summed E-state index contributed by atoms with van der Waals surface area (Å²) >= 11 is 0. The van der Waals surface area contributed by atoms with Gasteiger partial charge < -0.3 is 14.4 Å². The number of carbonyl (C=O) groups is 1. The van der Waals surface area contributed by atoms with Crippen LogP contribution in [0.4, 0.5) is 0 Å². The predicted molar refractivity (Wildman–Crippen MR) is 203 cm³/mol. The lowest BCUT2D eigenvalue weighted by atomic mass is 10.0. The maximum absolute atomic E-state index is 12.9. The molecule has 0 heterocycles. The summed E-state index contributed by atoms with van der Waals surface area (Å²) in [5.74, 6) is 0.161. The van der Waals surface area contributed by atoms with Crippen molar-refractivity contribution in [3.63, 3.8) is 0 Å². The van der Waals surface area contributed by atoms with Crippen LogP contribution in [0.15, 0.2) is 0 Å². The van der Waals surface area contributed by atoms with E-state index < -0.39 is 0 Å². The van der Waals surface area contributed by atoms with E-state index >= 15 is 0 Å². The van der Waals surface area contributed by atoms with E-state index in [0.717, 1.165) is 25.9 Å². The maximum Gasteiger partial charge on any atom is 0.248 e. The van der Waals surface area contributed by atoms with Crippen molar-refractivity contribution in [1.29, 1.82) is 0 Å². The third-order valence-corrected chi connectivity index (χ3v) is 9.82. The van der Waals surface area contributed by atoms with Crippen molar-refractivity contribution in [2.75, 3.05) is 40.0 Å². The van der Waals surface area contributed by atoms with Gasteiger partial charge in [0.25, 0.3) is 0 Å². The van der Waals surface area contributed by atoms with Gasteiger partial charge in [-0.3, -0.25) is 4.79 Å². The van der Waals surface area contributed by atoms with Gasteiger partial charge in [-0.2, -0.15) is 0 Å². The molecule has 4 nitrogen and oxygen atoms in total. The molecule has 0 fully saturated rings. The number of hydrogen-bond donors (Lipinski definition) is 0. The SMILES string of the molecule is CCCCCCCCCCCCCCCCCCCN(CCCCCCCCCCCCCCCCCC)C(=O)COCCOC. The zero-order valence-corrected chi connectivity index (χ0v) is 32.0. The predicted octanol–water partition coefficient (Wildman–Crippen LogP) is 13.4. The van der Waals surface area contributed by atoms with Gasteiger partial charge in [0.15, 0.2) is 0 Å². The van der Waals surface area contributed by atoms with Crippen molar-refractivity contribution in [3.8, 4) is 0 Å². The summed E-state index contributed by atoms with van der Waals surface area (Å²) < 4.78 is 10.6. The minimum absolute atomic E-state index is 0.161. The monoisotopic (exact) mass is 652 g/mol. The minimum Gasteiger partial charge on any atom is -0.382 e. The normalized spacial score (nSPS) is 11.5. The first kappa shape index (κ1) is 45.4. The highest BCUT2D eigenvalue weighted by atomic mass is 16.5. The molecular weight excluding hydrogens is 566 g/mol. The highest BCUT2D eigenvalue weighted by Crippen LogP contribution is 2.16. The van der Waals surface area contributed by atoms with Gasteiger partial charge in [0.05, 0.1) is 13.2 Å². The van der Waals surface area contributed by atoms with Crippen LogP contribution < -0.4 is 0 Å². The summed E-state index contributed by atoms with van der Waals surface area (Å²) in [6.07, 6.45) is 45.6. The molecule has 0 bridgehead atoms. The lowest BCUT2D eigenvalue weighted by molar-refractivity contribution is -0.136. The summed E-state index contributed by atoms with van der Waals surface area (Å²) in [7, 11) is 1.67. The highest BCUT2D eigenvalue weighted by molar-refractivity contribution is 5.77. The van der Waals surface area contributed by atoms with Gasteiger partial charge in [-0.05, 0) is 12.8 Å². The molecule has 0 aliphatic carbocycles. The largest absolute Gasteiger partial charge is 0.382 e. The average Bonchev–Trinajstić information content (AvgIpc) is 3.06. The van der Waals surface area contributed by atoms with Crippen molar-refractivity contribution >= 4 is 5.91 Å². The third-order valence-electron chi connectivity index (χ3n) is 9.82. The Morgan fingerprint density at radius 2 is 0.652 bits per heavy atom. The number of carbonyl (C=O) groups excluding carboxylic acids is 1. The van der Waals surface area contributed by atoms with Crippen LogP contribution in [0.3, 0.4) is 0 Å². The Bertz CT molecular complexity index is 569. The van der Waals surface area contributed by atoms with Crippen LogP contribution in [0.2, 0.25) is 0 Å². The summed E-state index contributed by atoms with van der Waals surface area (Å²) in [6.45, 7) is 7.61. The Balaban J connectivity index is 3.79. The molecule has 0 spiro atoms. The van der Waals surface area contributed by atoms with Gasteiger partial charge >= 0.3 is 0 Å². The number of unbranched alkanes of at least 4 members (excludes halogenated alkanes) is 31. The van der Waals surface area contributed by atoms with E-state index in [9.17, 15) is 4.79 Å². The molecule has 0 atom stereocenters. The van der Waals surface area contributed by atoms with Crippen molar-refractivity contribution in [2.24, 2.45) is 0 Å². The lowest BCUT2D eigenvalue weighted by Gasteiger charge is -2.23. The molecule has 276 valence electrons. The standard InChI is InChI=1S/C42H85NO3/c1-4-6-8-10-12-14-16-18-20-22-24-26-28-30-32-34-36-38-43(42(44)41-46-40-39-45-3)37-35-33-31-29-27-25-23-21-19-17-15-13-11-9-7-5-2/h4-41H2,1-3H3. The molecule has 0 aromatic carbocycles. The van der Waals surface area contributed by atoms with Crippen molar-refractivity contribution < 1.29 is 14.3 Å². The first-order chi connectivity index (χ1) is 22.8. The van der Waals surface area contributed by atoms with Gasteiger partial charge in [-0.15, -0.1) is 0 Å². The Hall–Kier alpha value is -0.610. The molecule has 0 aromatic rings. The summed E-state index contributed by atoms with van der Waals surface area (Å²) in [4.78, 5) is 14.9. The number of hydrogen-bond acceptors (Lipinski definition) is 3. The van der Waals surface area contributed by atoms with Gasteiger partial charge in [-0.1, -0.05) is 213 Å². The molecule has 0 aromatic heterocycles. The number of rotatable bonds is 40. The number of nitrogens with zero attached hydrogens (tertiary/aromatic N) is 1. The van der Waals surface area contributed by atoms with E-state index in [2.05, 4.69) is 18.7 Å². The molecule has 0 N–H and O–H groups in total. The second kappa shape index (κ2) is 40.6. The summed E-state index contributed by atoms with van der Waals surface area (Å²) in [5, 5.41) is 0. The fourth-order valence-electron chi connectivity index (χ4n) is 6.63. The van der Waals surface area contributed by atoms with Crippen LogP contribution in [-0.2, 0) is 14.3 Å². The number of ether oxygens (including phenoxy) is 2. The smallest absolute Gasteiger partial charge is 0.248 e. The topological polar surface area (TPSA) is 38.8 Å². The first-order valence-corrected chi connectivity index (χ1v) is 21.1. The lowest BCUT2D eigenvalue weighted by Crippen LogP contribution is -2.36. The summed E-state index contributed by atoms with van der Waals surface area (Å²) in [6, 6.07) is 0. The van der Waals surface area contributed by atoms with Crippen molar-refractivity contribution in [1.82, 2.24) is 4.90 Å². The van der Waals surface area contributed by atoms with Crippen molar-refractivity contribution in [2.45, 2.75) is 226 Å². The van der Waals surface area contributed by atoms with Crippen LogP contribution in [0.1, 0.15) is 226 Å². The Labute approximate surface area is 290 Å². The van der Waals surface area contributed by atoms with Gasteiger partial charge in [0, 0.05) is 20.2 Å². The molecule has 0 aliphatic rings. The minimum atomic E-state index is 0.161. The van der Waals surface area contributed by atoms with Gasteiger partial charge in [-0.25, -0.2) is 0 Å². The fraction of sp³-hybridized carbons (Fsp3) is 0.976. The number of methoxy groups -OCH3 is 1. The second-order valence-electron chi connectivity index (χ2n) is 14.4.